The number of hydrogen-bond donors (Lipinski definition) is 1. The summed E-state index contributed by atoms with van der Waals surface area (Å²) in [5, 5.41) is 17.6. The molecule has 134 valence electrons. The summed E-state index contributed by atoms with van der Waals surface area (Å²) in [4.78, 5) is 18.1. The number of likely N-dealkylation sites (N-methyl/N-ethyl adjacent to an activating group) is 1. The summed E-state index contributed by atoms with van der Waals surface area (Å²) in [5.74, 6) is -0.145. The first-order chi connectivity index (χ1) is 12.2. The van der Waals surface area contributed by atoms with Crippen molar-refractivity contribution in [2.45, 2.75) is 6.04 Å². The average Bonchev–Trinajstić information content (AvgIpc) is 3.13. The van der Waals surface area contributed by atoms with Gasteiger partial charge in [-0.15, -0.1) is 5.10 Å². The molecule has 1 aliphatic heterocycles. The number of carbonyl (C=O) groups excluding carboxylic acids is 1. The molecule has 1 amide bonds. The summed E-state index contributed by atoms with van der Waals surface area (Å²) in [6.07, 6.45) is 1.50. The molecular formula is C17H23N5O3. The second kappa shape index (κ2) is 8.19. The molecule has 8 nitrogen and oxygen atoms in total. The van der Waals surface area contributed by atoms with E-state index in [1.54, 1.807) is 4.90 Å². The van der Waals surface area contributed by atoms with Crippen molar-refractivity contribution in [1.82, 2.24) is 24.8 Å². The highest BCUT2D eigenvalue weighted by molar-refractivity contribution is 5.92. The minimum atomic E-state index is -0.145. The maximum Gasteiger partial charge on any atom is 0.276 e. The fourth-order valence-corrected chi connectivity index (χ4v) is 2.89. The maximum atomic E-state index is 12.9. The van der Waals surface area contributed by atoms with Crippen LogP contribution < -0.4 is 0 Å². The Balaban J connectivity index is 1.73. The predicted molar refractivity (Wildman–Crippen MR) is 91.6 cm³/mol. The van der Waals surface area contributed by atoms with Crippen LogP contribution in [0, 0.1) is 0 Å². The number of ether oxygens (including phenoxy) is 1. The second-order valence-electron chi connectivity index (χ2n) is 6.07. The molecule has 2 heterocycles. The minimum Gasteiger partial charge on any atom is -0.395 e. The van der Waals surface area contributed by atoms with Crippen molar-refractivity contribution in [2.75, 3.05) is 46.5 Å². The Morgan fingerprint density at radius 3 is 2.96 bits per heavy atom. The van der Waals surface area contributed by atoms with Gasteiger partial charge in [-0.25, -0.2) is 0 Å². The number of aliphatic hydroxyl groups is 1. The van der Waals surface area contributed by atoms with E-state index in [1.165, 1.54) is 11.0 Å². The van der Waals surface area contributed by atoms with Crippen molar-refractivity contribution in [2.24, 2.45) is 0 Å². The van der Waals surface area contributed by atoms with Crippen molar-refractivity contribution < 1.29 is 14.6 Å². The molecule has 0 saturated carbocycles. The van der Waals surface area contributed by atoms with Crippen LogP contribution in [0.15, 0.2) is 36.5 Å². The highest BCUT2D eigenvalue weighted by Gasteiger charge is 2.30. The molecule has 1 aromatic carbocycles. The molecule has 1 atom stereocenters. The standard InChI is InChI=1S/C17H23N5O3/c1-20(7-9-23)12-15-13-25-10-8-21(15)17(24)16-11-18-22(19-16)14-5-3-2-4-6-14/h2-6,11,15,23H,7-10,12-13H2,1H3. The Morgan fingerprint density at radius 1 is 1.40 bits per heavy atom. The number of para-hydroxylation sites is 1. The monoisotopic (exact) mass is 345 g/mol. The number of aliphatic hydroxyl groups excluding tert-OH is 1. The number of rotatable bonds is 6. The van der Waals surface area contributed by atoms with Crippen LogP contribution in [0.4, 0.5) is 0 Å². The molecule has 1 N–H and O–H groups in total. The van der Waals surface area contributed by atoms with Gasteiger partial charge in [-0.1, -0.05) is 18.2 Å². The topological polar surface area (TPSA) is 83.7 Å². The van der Waals surface area contributed by atoms with Gasteiger partial charge in [0.15, 0.2) is 5.69 Å². The number of hydrogen-bond acceptors (Lipinski definition) is 6. The van der Waals surface area contributed by atoms with Crippen molar-refractivity contribution >= 4 is 5.91 Å². The van der Waals surface area contributed by atoms with Crippen LogP contribution in [0.2, 0.25) is 0 Å². The number of morpholine rings is 1. The molecule has 1 unspecified atom stereocenters. The van der Waals surface area contributed by atoms with Crippen LogP contribution in [-0.4, -0.2) is 88.4 Å². The molecule has 1 fully saturated rings. The Kier molecular flexibility index (Phi) is 5.75. The molecule has 1 aromatic heterocycles. The number of aromatic nitrogens is 3. The van der Waals surface area contributed by atoms with E-state index in [2.05, 4.69) is 10.2 Å². The summed E-state index contributed by atoms with van der Waals surface area (Å²) >= 11 is 0. The van der Waals surface area contributed by atoms with E-state index in [0.717, 1.165) is 5.69 Å². The Hall–Kier alpha value is -2.29. The fourth-order valence-electron chi connectivity index (χ4n) is 2.89. The van der Waals surface area contributed by atoms with Gasteiger partial charge in [0.2, 0.25) is 0 Å². The van der Waals surface area contributed by atoms with E-state index < -0.39 is 0 Å². The highest BCUT2D eigenvalue weighted by atomic mass is 16.5. The molecule has 0 bridgehead atoms. The van der Waals surface area contributed by atoms with Crippen LogP contribution >= 0.6 is 0 Å². The zero-order valence-corrected chi connectivity index (χ0v) is 14.3. The molecular weight excluding hydrogens is 322 g/mol. The molecule has 0 spiro atoms. The SMILES string of the molecule is CN(CCO)CC1COCCN1C(=O)c1cnn(-c2ccccc2)n1. The van der Waals surface area contributed by atoms with Gasteiger partial charge in [0.05, 0.1) is 37.7 Å². The van der Waals surface area contributed by atoms with Crippen LogP contribution in [0.3, 0.4) is 0 Å². The fraction of sp³-hybridized carbons (Fsp3) is 0.471. The largest absolute Gasteiger partial charge is 0.395 e. The quantitative estimate of drug-likeness (QED) is 0.795. The van der Waals surface area contributed by atoms with Gasteiger partial charge in [-0.2, -0.15) is 9.90 Å². The zero-order chi connectivity index (χ0) is 17.6. The molecule has 8 heteroatoms. The van der Waals surface area contributed by atoms with Gasteiger partial charge in [-0.3, -0.25) is 4.79 Å². The summed E-state index contributed by atoms with van der Waals surface area (Å²) in [5.41, 5.74) is 1.13. The van der Waals surface area contributed by atoms with Crippen LogP contribution in [0.5, 0.6) is 0 Å². The number of amides is 1. The average molecular weight is 345 g/mol. The van der Waals surface area contributed by atoms with E-state index in [9.17, 15) is 4.79 Å². The Bertz CT molecular complexity index is 691. The van der Waals surface area contributed by atoms with Gasteiger partial charge < -0.3 is 19.6 Å². The van der Waals surface area contributed by atoms with Crippen LogP contribution in [0.1, 0.15) is 10.5 Å². The minimum absolute atomic E-state index is 0.0697. The number of nitrogens with zero attached hydrogens (tertiary/aromatic N) is 5. The molecule has 1 saturated heterocycles. The third-order valence-corrected chi connectivity index (χ3v) is 4.19. The smallest absolute Gasteiger partial charge is 0.276 e. The summed E-state index contributed by atoms with van der Waals surface area (Å²) in [6, 6.07) is 9.41. The van der Waals surface area contributed by atoms with Gasteiger partial charge in [0.25, 0.3) is 5.91 Å². The van der Waals surface area contributed by atoms with Gasteiger partial charge in [-0.05, 0) is 19.2 Å². The number of benzene rings is 1. The summed E-state index contributed by atoms with van der Waals surface area (Å²) in [7, 11) is 1.92. The lowest BCUT2D eigenvalue weighted by Gasteiger charge is -2.37. The molecule has 2 aromatic rings. The lowest BCUT2D eigenvalue weighted by atomic mass is 10.2. The van der Waals surface area contributed by atoms with Gasteiger partial charge in [0.1, 0.15) is 0 Å². The molecule has 0 radical (unpaired) electrons. The van der Waals surface area contributed by atoms with Crippen molar-refractivity contribution in [3.63, 3.8) is 0 Å². The predicted octanol–water partition coefficient (Wildman–Crippen LogP) is 0.0324. The van der Waals surface area contributed by atoms with E-state index in [1.807, 2.05) is 42.3 Å². The van der Waals surface area contributed by atoms with Gasteiger partial charge in [0, 0.05) is 19.6 Å². The first kappa shape index (κ1) is 17.5. The van der Waals surface area contributed by atoms with Crippen molar-refractivity contribution in [3.05, 3.63) is 42.2 Å². The van der Waals surface area contributed by atoms with Crippen LogP contribution in [-0.2, 0) is 4.74 Å². The van der Waals surface area contributed by atoms with Gasteiger partial charge >= 0.3 is 0 Å². The molecule has 3 rings (SSSR count). The van der Waals surface area contributed by atoms with E-state index in [-0.39, 0.29) is 18.6 Å². The summed E-state index contributed by atoms with van der Waals surface area (Å²) < 4.78 is 5.53. The second-order valence-corrected chi connectivity index (χ2v) is 6.07. The highest BCUT2D eigenvalue weighted by Crippen LogP contribution is 2.13. The molecule has 0 aliphatic carbocycles. The van der Waals surface area contributed by atoms with E-state index in [0.29, 0.717) is 38.5 Å². The van der Waals surface area contributed by atoms with Crippen molar-refractivity contribution in [1.29, 1.82) is 0 Å². The third-order valence-electron chi connectivity index (χ3n) is 4.19. The van der Waals surface area contributed by atoms with Crippen molar-refractivity contribution in [3.8, 4) is 5.69 Å². The lowest BCUT2D eigenvalue weighted by molar-refractivity contribution is -0.0112. The normalized spacial score (nSPS) is 17.9. The molecule has 1 aliphatic rings. The lowest BCUT2D eigenvalue weighted by Crippen LogP contribution is -2.53. The van der Waals surface area contributed by atoms with Crippen LogP contribution in [0.25, 0.3) is 5.69 Å². The first-order valence-electron chi connectivity index (χ1n) is 8.35. The Morgan fingerprint density at radius 2 is 2.20 bits per heavy atom. The van der Waals surface area contributed by atoms with E-state index in [4.69, 9.17) is 9.84 Å². The third kappa shape index (κ3) is 4.22. The molecule has 25 heavy (non-hydrogen) atoms. The zero-order valence-electron chi connectivity index (χ0n) is 14.3. The first-order valence-corrected chi connectivity index (χ1v) is 8.35. The maximum absolute atomic E-state index is 12.9. The number of carbonyl (C=O) groups is 1. The summed E-state index contributed by atoms with van der Waals surface area (Å²) in [6.45, 7) is 2.80. The Labute approximate surface area is 146 Å². The van der Waals surface area contributed by atoms with E-state index >= 15 is 0 Å².